The predicted molar refractivity (Wildman–Crippen MR) is 73.5 cm³/mol. The van der Waals surface area contributed by atoms with Crippen molar-refractivity contribution in [1.29, 1.82) is 0 Å². The molecule has 2 rings (SSSR count). The number of nitrogens with two attached hydrogens (primary N) is 1. The first-order valence-electron chi connectivity index (χ1n) is 6.76. The van der Waals surface area contributed by atoms with E-state index in [2.05, 4.69) is 15.1 Å². The van der Waals surface area contributed by atoms with Gasteiger partial charge in [0.25, 0.3) is 0 Å². The second kappa shape index (κ2) is 6.99. The van der Waals surface area contributed by atoms with Crippen LogP contribution in [0.2, 0.25) is 0 Å². The molecule has 2 aromatic heterocycles. The highest BCUT2D eigenvalue weighted by Gasteiger charge is 2.09. The molecule has 0 saturated heterocycles. The molecule has 19 heavy (non-hydrogen) atoms. The Hall–Kier alpha value is -1.75. The topological polar surface area (TPSA) is 77.8 Å². The van der Waals surface area contributed by atoms with Crippen LogP contribution in [-0.2, 0) is 6.42 Å². The van der Waals surface area contributed by atoms with Gasteiger partial charge in [-0.25, -0.2) is 4.98 Å². The van der Waals surface area contributed by atoms with E-state index < -0.39 is 0 Å². The molecule has 5 heteroatoms. The highest BCUT2D eigenvalue weighted by atomic mass is 16.5. The molecule has 0 atom stereocenters. The standard InChI is InChI=1S/C14H20N4O/c1-11-7-6-8-12(16-11)14-17-13(19-18-14)9-4-2-3-5-10-15/h6-8H,2-5,9-10,15H2,1H3. The second-order valence-electron chi connectivity index (χ2n) is 4.63. The number of nitrogens with zero attached hydrogens (tertiary/aromatic N) is 3. The lowest BCUT2D eigenvalue weighted by atomic mass is 10.1. The van der Waals surface area contributed by atoms with Gasteiger partial charge in [-0.3, -0.25) is 0 Å². The number of pyridine rings is 1. The Kier molecular flexibility index (Phi) is 5.03. The summed E-state index contributed by atoms with van der Waals surface area (Å²) in [5.74, 6) is 1.26. The van der Waals surface area contributed by atoms with E-state index in [1.165, 1.54) is 0 Å². The lowest BCUT2D eigenvalue weighted by molar-refractivity contribution is 0.374. The van der Waals surface area contributed by atoms with Crippen molar-refractivity contribution in [1.82, 2.24) is 15.1 Å². The van der Waals surface area contributed by atoms with Gasteiger partial charge in [0, 0.05) is 12.1 Å². The zero-order valence-electron chi connectivity index (χ0n) is 11.3. The van der Waals surface area contributed by atoms with E-state index in [4.69, 9.17) is 10.3 Å². The van der Waals surface area contributed by atoms with Gasteiger partial charge < -0.3 is 10.3 Å². The molecule has 0 spiro atoms. The van der Waals surface area contributed by atoms with Gasteiger partial charge in [-0.15, -0.1) is 0 Å². The lowest BCUT2D eigenvalue weighted by Gasteiger charge is -1.96. The summed E-state index contributed by atoms with van der Waals surface area (Å²) >= 11 is 0. The number of unbranched alkanes of at least 4 members (excludes halogenated alkanes) is 3. The van der Waals surface area contributed by atoms with Crippen molar-refractivity contribution >= 4 is 0 Å². The summed E-state index contributed by atoms with van der Waals surface area (Å²) in [6.07, 6.45) is 5.28. The van der Waals surface area contributed by atoms with E-state index in [0.29, 0.717) is 11.7 Å². The van der Waals surface area contributed by atoms with Crippen molar-refractivity contribution in [2.24, 2.45) is 5.73 Å². The smallest absolute Gasteiger partial charge is 0.227 e. The minimum absolute atomic E-state index is 0.570. The van der Waals surface area contributed by atoms with E-state index in [0.717, 1.165) is 50.0 Å². The van der Waals surface area contributed by atoms with Gasteiger partial charge in [0.05, 0.1) is 0 Å². The van der Waals surface area contributed by atoms with Gasteiger partial charge in [0.15, 0.2) is 0 Å². The zero-order chi connectivity index (χ0) is 13.5. The summed E-state index contributed by atoms with van der Waals surface area (Å²) in [6, 6.07) is 5.78. The molecule has 0 aliphatic heterocycles. The van der Waals surface area contributed by atoms with Crippen LogP contribution in [0.3, 0.4) is 0 Å². The highest BCUT2D eigenvalue weighted by molar-refractivity contribution is 5.47. The molecular formula is C14H20N4O. The molecule has 5 nitrogen and oxygen atoms in total. The highest BCUT2D eigenvalue weighted by Crippen LogP contribution is 2.14. The average Bonchev–Trinajstić information content (AvgIpc) is 2.87. The van der Waals surface area contributed by atoms with Gasteiger partial charge in [0.1, 0.15) is 5.69 Å². The van der Waals surface area contributed by atoms with Crippen molar-refractivity contribution in [3.63, 3.8) is 0 Å². The molecule has 2 heterocycles. The van der Waals surface area contributed by atoms with E-state index in [1.54, 1.807) is 0 Å². The number of hydrogen-bond donors (Lipinski definition) is 1. The fourth-order valence-electron chi connectivity index (χ4n) is 1.90. The maximum absolute atomic E-state index is 5.45. The SMILES string of the molecule is Cc1cccc(-c2noc(CCCCCCN)n2)n1. The maximum atomic E-state index is 5.45. The van der Waals surface area contributed by atoms with E-state index in [1.807, 2.05) is 25.1 Å². The first-order chi connectivity index (χ1) is 9.29. The number of aromatic nitrogens is 3. The van der Waals surface area contributed by atoms with Crippen LogP contribution in [0.25, 0.3) is 11.5 Å². The Labute approximate surface area is 113 Å². The minimum atomic E-state index is 0.570. The third kappa shape index (κ3) is 4.13. The summed E-state index contributed by atoms with van der Waals surface area (Å²) in [5.41, 5.74) is 7.17. The Balaban J connectivity index is 1.88. The fourth-order valence-corrected chi connectivity index (χ4v) is 1.90. The maximum Gasteiger partial charge on any atom is 0.227 e. The second-order valence-corrected chi connectivity index (χ2v) is 4.63. The summed E-state index contributed by atoms with van der Waals surface area (Å²) < 4.78 is 5.24. The molecule has 102 valence electrons. The van der Waals surface area contributed by atoms with Gasteiger partial charge in [-0.1, -0.05) is 24.1 Å². The predicted octanol–water partition coefficient (Wildman–Crippen LogP) is 2.50. The molecule has 0 aliphatic rings. The third-order valence-electron chi connectivity index (χ3n) is 2.93. The largest absolute Gasteiger partial charge is 0.339 e. The molecule has 0 bridgehead atoms. The Morgan fingerprint density at radius 1 is 1.11 bits per heavy atom. The van der Waals surface area contributed by atoms with E-state index in [9.17, 15) is 0 Å². The molecule has 0 radical (unpaired) electrons. The van der Waals surface area contributed by atoms with Gasteiger partial charge >= 0.3 is 0 Å². The molecule has 2 aromatic rings. The van der Waals surface area contributed by atoms with Crippen LogP contribution in [-0.4, -0.2) is 21.7 Å². The summed E-state index contributed by atoms with van der Waals surface area (Å²) in [7, 11) is 0. The molecular weight excluding hydrogens is 240 g/mol. The number of rotatable bonds is 7. The normalized spacial score (nSPS) is 10.8. The van der Waals surface area contributed by atoms with Crippen LogP contribution >= 0.6 is 0 Å². The molecule has 0 aromatic carbocycles. The molecule has 2 N–H and O–H groups in total. The summed E-state index contributed by atoms with van der Waals surface area (Å²) in [6.45, 7) is 2.71. The van der Waals surface area contributed by atoms with Gasteiger partial charge in [-0.2, -0.15) is 4.98 Å². The fraction of sp³-hybridized carbons (Fsp3) is 0.500. The van der Waals surface area contributed by atoms with E-state index in [-0.39, 0.29) is 0 Å². The Morgan fingerprint density at radius 2 is 1.95 bits per heavy atom. The van der Waals surface area contributed by atoms with Crippen LogP contribution in [0.15, 0.2) is 22.7 Å². The van der Waals surface area contributed by atoms with Crippen molar-refractivity contribution in [2.45, 2.75) is 39.0 Å². The van der Waals surface area contributed by atoms with Crippen molar-refractivity contribution in [3.8, 4) is 11.5 Å². The Morgan fingerprint density at radius 3 is 2.74 bits per heavy atom. The zero-order valence-corrected chi connectivity index (χ0v) is 11.3. The minimum Gasteiger partial charge on any atom is -0.339 e. The van der Waals surface area contributed by atoms with Crippen LogP contribution in [0, 0.1) is 6.92 Å². The first-order valence-corrected chi connectivity index (χ1v) is 6.76. The van der Waals surface area contributed by atoms with Crippen molar-refractivity contribution in [2.75, 3.05) is 6.54 Å². The van der Waals surface area contributed by atoms with E-state index >= 15 is 0 Å². The first kappa shape index (κ1) is 13.7. The number of aryl methyl sites for hydroxylation is 2. The quantitative estimate of drug-likeness (QED) is 0.774. The van der Waals surface area contributed by atoms with Crippen molar-refractivity contribution < 1.29 is 4.52 Å². The average molecular weight is 260 g/mol. The van der Waals surface area contributed by atoms with Gasteiger partial charge in [-0.05, 0) is 38.4 Å². The lowest BCUT2D eigenvalue weighted by Crippen LogP contribution is -1.97. The van der Waals surface area contributed by atoms with Crippen LogP contribution in [0.5, 0.6) is 0 Å². The van der Waals surface area contributed by atoms with Crippen molar-refractivity contribution in [3.05, 3.63) is 29.8 Å². The van der Waals surface area contributed by atoms with Crippen LogP contribution < -0.4 is 5.73 Å². The van der Waals surface area contributed by atoms with Crippen LogP contribution in [0.4, 0.5) is 0 Å². The Bertz CT molecular complexity index is 510. The third-order valence-corrected chi connectivity index (χ3v) is 2.93. The molecule has 0 saturated carbocycles. The number of hydrogen-bond acceptors (Lipinski definition) is 5. The molecule has 0 amide bonds. The summed E-state index contributed by atoms with van der Waals surface area (Å²) in [4.78, 5) is 8.75. The monoisotopic (exact) mass is 260 g/mol. The molecule has 0 unspecified atom stereocenters. The van der Waals surface area contributed by atoms with Crippen LogP contribution in [0.1, 0.15) is 37.3 Å². The molecule has 0 fully saturated rings. The summed E-state index contributed by atoms with van der Waals surface area (Å²) in [5, 5.41) is 3.97. The molecule has 0 aliphatic carbocycles. The van der Waals surface area contributed by atoms with Gasteiger partial charge in [0.2, 0.25) is 11.7 Å².